The number of methoxy groups -OCH3 is 2. The molecule has 1 aliphatic heterocycles. The molecule has 2 aromatic carbocycles. The second-order valence-corrected chi connectivity index (χ2v) is 10.4. The summed E-state index contributed by atoms with van der Waals surface area (Å²) in [6, 6.07) is 11.5. The SMILES string of the molecule is COc1cc2cc(C(c3nnnn3C(C)(C)C)N3CC=C(c4ccc(F)cc4)CC3)c(=O)[nH]c2cc1OC. The quantitative estimate of drug-likeness (QED) is 0.406. The fourth-order valence-electron chi connectivity index (χ4n) is 4.94. The van der Waals surface area contributed by atoms with E-state index < -0.39 is 11.6 Å². The predicted molar refractivity (Wildman–Crippen MR) is 143 cm³/mol. The Labute approximate surface area is 219 Å². The minimum absolute atomic E-state index is 0.230. The topological polar surface area (TPSA) is 98.2 Å². The fraction of sp³-hybridized carbons (Fsp3) is 0.357. The van der Waals surface area contributed by atoms with Crippen molar-refractivity contribution in [1.29, 1.82) is 0 Å². The monoisotopic (exact) mass is 518 g/mol. The van der Waals surface area contributed by atoms with Gasteiger partial charge in [0.25, 0.3) is 5.56 Å². The zero-order valence-corrected chi connectivity index (χ0v) is 22.2. The largest absolute Gasteiger partial charge is 0.493 e. The standard InChI is InChI=1S/C28H31FN6O3/c1-28(2,3)35-26(31-32-33-35)25(34-12-10-18(11-13-34)17-6-8-20(29)9-7-17)21-14-19-15-23(37-4)24(38-5)16-22(19)30-27(21)36/h6-10,14-16,25H,11-13H2,1-5H3,(H,30,36). The molecule has 0 bridgehead atoms. The van der Waals surface area contributed by atoms with Crippen molar-refractivity contribution in [2.45, 2.75) is 38.8 Å². The van der Waals surface area contributed by atoms with Gasteiger partial charge >= 0.3 is 0 Å². The second-order valence-electron chi connectivity index (χ2n) is 10.4. The zero-order chi connectivity index (χ0) is 27.0. The molecule has 38 heavy (non-hydrogen) atoms. The molecule has 0 spiro atoms. The van der Waals surface area contributed by atoms with E-state index >= 15 is 0 Å². The van der Waals surface area contributed by atoms with Gasteiger partial charge in [0.05, 0.1) is 25.3 Å². The third kappa shape index (κ3) is 4.79. The van der Waals surface area contributed by atoms with Crippen molar-refractivity contribution in [3.05, 3.63) is 81.7 Å². The lowest BCUT2D eigenvalue weighted by atomic mass is 9.96. The van der Waals surface area contributed by atoms with Crippen LogP contribution in [0.5, 0.6) is 11.5 Å². The van der Waals surface area contributed by atoms with E-state index in [9.17, 15) is 9.18 Å². The molecule has 198 valence electrons. The van der Waals surface area contributed by atoms with Gasteiger partial charge in [0, 0.05) is 30.1 Å². The molecule has 1 atom stereocenters. The normalized spacial score (nSPS) is 15.4. The van der Waals surface area contributed by atoms with Crippen LogP contribution in [0.3, 0.4) is 0 Å². The summed E-state index contributed by atoms with van der Waals surface area (Å²) in [5.41, 5.74) is 2.67. The molecule has 2 aromatic heterocycles. The molecule has 3 heterocycles. The molecule has 10 heteroatoms. The molecule has 0 amide bonds. The van der Waals surface area contributed by atoms with E-state index in [0.717, 1.165) is 22.9 Å². The lowest BCUT2D eigenvalue weighted by molar-refractivity contribution is 0.219. The highest BCUT2D eigenvalue weighted by atomic mass is 19.1. The average molecular weight is 519 g/mol. The number of H-pyrrole nitrogens is 1. The van der Waals surface area contributed by atoms with Crippen LogP contribution in [0, 0.1) is 5.82 Å². The number of ether oxygens (including phenoxy) is 2. The van der Waals surface area contributed by atoms with Crippen molar-refractivity contribution < 1.29 is 13.9 Å². The first-order chi connectivity index (χ1) is 18.2. The van der Waals surface area contributed by atoms with Crippen molar-refractivity contribution in [3.63, 3.8) is 0 Å². The van der Waals surface area contributed by atoms with E-state index in [2.05, 4.69) is 31.5 Å². The number of nitrogens with one attached hydrogen (secondary N) is 1. The van der Waals surface area contributed by atoms with Crippen LogP contribution in [0.1, 0.15) is 50.2 Å². The molecule has 0 saturated carbocycles. The molecule has 1 aliphatic rings. The first kappa shape index (κ1) is 25.6. The van der Waals surface area contributed by atoms with Crippen molar-refractivity contribution in [1.82, 2.24) is 30.1 Å². The first-order valence-corrected chi connectivity index (χ1v) is 12.5. The molecule has 0 fully saturated rings. The van der Waals surface area contributed by atoms with Gasteiger partial charge in [0.1, 0.15) is 11.9 Å². The summed E-state index contributed by atoms with van der Waals surface area (Å²) in [5.74, 6) is 1.43. The summed E-state index contributed by atoms with van der Waals surface area (Å²) in [4.78, 5) is 18.8. The van der Waals surface area contributed by atoms with Crippen LogP contribution in [0.4, 0.5) is 4.39 Å². The van der Waals surface area contributed by atoms with Crippen molar-refractivity contribution >= 4 is 16.5 Å². The van der Waals surface area contributed by atoms with Crippen LogP contribution >= 0.6 is 0 Å². The summed E-state index contributed by atoms with van der Waals surface area (Å²) in [7, 11) is 3.14. The maximum absolute atomic E-state index is 13.6. The molecular formula is C28H31FN6O3. The van der Waals surface area contributed by atoms with Crippen LogP contribution in [0.25, 0.3) is 16.5 Å². The molecule has 0 aliphatic carbocycles. The lowest BCUT2D eigenvalue weighted by Gasteiger charge is -2.34. The number of nitrogens with zero attached hydrogens (tertiary/aromatic N) is 5. The summed E-state index contributed by atoms with van der Waals surface area (Å²) in [6.45, 7) is 7.30. The number of halogens is 1. The predicted octanol–water partition coefficient (Wildman–Crippen LogP) is 4.30. The minimum atomic E-state index is -0.503. The van der Waals surface area contributed by atoms with Gasteiger partial charge in [-0.2, -0.15) is 0 Å². The number of rotatable bonds is 6. The van der Waals surface area contributed by atoms with Crippen molar-refractivity contribution in [3.8, 4) is 11.5 Å². The van der Waals surface area contributed by atoms with Gasteiger partial charge in [-0.15, -0.1) is 5.10 Å². The Kier molecular flexibility index (Phi) is 6.75. The summed E-state index contributed by atoms with van der Waals surface area (Å²) < 4.78 is 26.1. The number of tetrazole rings is 1. The molecule has 1 N–H and O–H groups in total. The first-order valence-electron chi connectivity index (χ1n) is 12.5. The highest BCUT2D eigenvalue weighted by Crippen LogP contribution is 2.35. The van der Waals surface area contributed by atoms with Crippen LogP contribution in [0.15, 0.2) is 53.3 Å². The van der Waals surface area contributed by atoms with Gasteiger partial charge in [-0.25, -0.2) is 9.07 Å². The highest BCUT2D eigenvalue weighted by molar-refractivity contribution is 5.83. The smallest absolute Gasteiger partial charge is 0.253 e. The summed E-state index contributed by atoms with van der Waals surface area (Å²) in [6.07, 6.45) is 2.85. The van der Waals surface area contributed by atoms with Crippen molar-refractivity contribution in [2.75, 3.05) is 27.3 Å². The van der Waals surface area contributed by atoms with Gasteiger partial charge in [-0.1, -0.05) is 18.2 Å². The Balaban J connectivity index is 1.62. The summed E-state index contributed by atoms with van der Waals surface area (Å²) >= 11 is 0. The van der Waals surface area contributed by atoms with E-state index in [4.69, 9.17) is 9.47 Å². The third-order valence-corrected chi connectivity index (χ3v) is 6.87. The summed E-state index contributed by atoms with van der Waals surface area (Å²) in [5, 5.41) is 13.5. The molecule has 0 radical (unpaired) electrons. The van der Waals surface area contributed by atoms with Gasteiger partial charge in [0.2, 0.25) is 0 Å². The molecular weight excluding hydrogens is 487 g/mol. The highest BCUT2D eigenvalue weighted by Gasteiger charge is 2.34. The number of aromatic nitrogens is 5. The van der Waals surface area contributed by atoms with Gasteiger partial charge in [-0.3, -0.25) is 9.69 Å². The molecule has 9 nitrogen and oxygen atoms in total. The Bertz CT molecular complexity index is 1550. The van der Waals surface area contributed by atoms with Gasteiger partial charge in [0.15, 0.2) is 17.3 Å². The third-order valence-electron chi connectivity index (χ3n) is 6.87. The van der Waals surface area contributed by atoms with E-state index in [-0.39, 0.29) is 11.4 Å². The number of pyridine rings is 1. The van der Waals surface area contributed by atoms with Crippen LogP contribution in [-0.2, 0) is 5.54 Å². The van der Waals surface area contributed by atoms with Crippen molar-refractivity contribution in [2.24, 2.45) is 0 Å². The second kappa shape index (κ2) is 10.0. The van der Waals surface area contributed by atoms with Crippen LogP contribution in [0.2, 0.25) is 0 Å². The lowest BCUT2D eigenvalue weighted by Crippen LogP contribution is -2.39. The zero-order valence-electron chi connectivity index (χ0n) is 22.2. The van der Waals surface area contributed by atoms with Crippen LogP contribution < -0.4 is 15.0 Å². The Morgan fingerprint density at radius 3 is 2.39 bits per heavy atom. The number of hydrogen-bond acceptors (Lipinski definition) is 7. The van der Waals surface area contributed by atoms with E-state index in [1.807, 2.05) is 32.9 Å². The molecule has 5 rings (SSSR count). The maximum atomic E-state index is 13.6. The molecule has 0 saturated heterocycles. The number of fused-ring (bicyclic) bond motifs is 1. The van der Waals surface area contributed by atoms with Gasteiger partial charge in [-0.05, 0) is 73.0 Å². The minimum Gasteiger partial charge on any atom is -0.493 e. The van der Waals surface area contributed by atoms with Crippen LogP contribution in [-0.4, -0.2) is 57.4 Å². The van der Waals surface area contributed by atoms with E-state index in [1.54, 1.807) is 37.1 Å². The number of benzene rings is 2. The number of aromatic amines is 1. The average Bonchev–Trinajstić information content (AvgIpc) is 3.40. The van der Waals surface area contributed by atoms with E-state index in [0.29, 0.717) is 41.5 Å². The van der Waals surface area contributed by atoms with Gasteiger partial charge < -0.3 is 14.5 Å². The Hall–Kier alpha value is -4.05. The Morgan fingerprint density at radius 1 is 1.05 bits per heavy atom. The molecule has 1 unspecified atom stereocenters. The van der Waals surface area contributed by atoms with E-state index in [1.165, 1.54) is 12.1 Å². The maximum Gasteiger partial charge on any atom is 0.253 e. The molecule has 4 aromatic rings. The fourth-order valence-corrected chi connectivity index (χ4v) is 4.94. The Morgan fingerprint density at radius 2 is 1.76 bits per heavy atom. The number of hydrogen-bond donors (Lipinski definition) is 1.